The maximum atomic E-state index is 5.43. The third-order valence-electron chi connectivity index (χ3n) is 1.77. The molecular formula is C9H16NO+. The lowest BCUT2D eigenvalue weighted by atomic mass is 10.3. The van der Waals surface area contributed by atoms with Crippen LogP contribution in [0.3, 0.4) is 0 Å². The molecule has 62 valence electrons. The number of aryl methyl sites for hydroxylation is 3. The molecule has 0 radical (unpaired) electrons. The van der Waals surface area contributed by atoms with Crippen LogP contribution in [0.25, 0.3) is 0 Å². The first-order chi connectivity index (χ1) is 5.24. The lowest BCUT2D eigenvalue weighted by molar-refractivity contribution is -0.868. The lowest BCUT2D eigenvalue weighted by Crippen LogP contribution is -2.33. The highest BCUT2D eigenvalue weighted by molar-refractivity contribution is 4.95. The van der Waals surface area contributed by atoms with Crippen molar-refractivity contribution in [1.29, 1.82) is 0 Å². The van der Waals surface area contributed by atoms with Gasteiger partial charge < -0.3 is 0 Å². The number of unbranched alkanes of at least 4 members (excludes halogenated alkanes) is 1. The highest BCUT2D eigenvalue weighted by Crippen LogP contribution is 1.98. The SMILES string of the molecule is CCCC[n+]1oc(C)cc1C. The summed E-state index contributed by atoms with van der Waals surface area (Å²) < 4.78 is 7.39. The molecule has 0 atom stereocenters. The molecule has 1 aromatic heterocycles. The first-order valence-electron chi connectivity index (χ1n) is 4.21. The zero-order valence-electron chi connectivity index (χ0n) is 7.55. The summed E-state index contributed by atoms with van der Waals surface area (Å²) >= 11 is 0. The Hall–Kier alpha value is -0.790. The summed E-state index contributed by atoms with van der Waals surface area (Å²) in [5, 5.41) is 0. The second-order valence-corrected chi connectivity index (χ2v) is 2.94. The van der Waals surface area contributed by atoms with Crippen LogP contribution in [0.2, 0.25) is 0 Å². The molecule has 2 heteroatoms. The van der Waals surface area contributed by atoms with Crippen molar-refractivity contribution < 1.29 is 9.26 Å². The molecule has 2 nitrogen and oxygen atoms in total. The van der Waals surface area contributed by atoms with E-state index in [1.165, 1.54) is 18.5 Å². The minimum atomic E-state index is 0.999. The maximum Gasteiger partial charge on any atom is 0.228 e. The summed E-state index contributed by atoms with van der Waals surface area (Å²) in [6, 6.07) is 2.07. The van der Waals surface area contributed by atoms with Crippen LogP contribution in [0.5, 0.6) is 0 Å². The number of hydrogen-bond acceptors (Lipinski definition) is 1. The van der Waals surface area contributed by atoms with Crippen molar-refractivity contribution in [1.82, 2.24) is 0 Å². The molecule has 1 heterocycles. The van der Waals surface area contributed by atoms with Gasteiger partial charge >= 0.3 is 0 Å². The van der Waals surface area contributed by atoms with E-state index in [0.717, 1.165) is 12.3 Å². The molecule has 0 spiro atoms. The standard InChI is InChI=1S/C9H16NO/c1-4-5-6-10-8(2)7-9(3)11-10/h7H,4-6H2,1-3H3/q+1. The fourth-order valence-electron chi connectivity index (χ4n) is 1.16. The van der Waals surface area contributed by atoms with Crippen LogP contribution in [0, 0.1) is 13.8 Å². The van der Waals surface area contributed by atoms with Crippen molar-refractivity contribution >= 4 is 0 Å². The Labute approximate surface area is 67.8 Å². The van der Waals surface area contributed by atoms with Gasteiger partial charge in [-0.1, -0.05) is 6.92 Å². The van der Waals surface area contributed by atoms with Gasteiger partial charge in [0.1, 0.15) is 0 Å². The van der Waals surface area contributed by atoms with E-state index < -0.39 is 0 Å². The predicted molar refractivity (Wildman–Crippen MR) is 43.3 cm³/mol. The van der Waals surface area contributed by atoms with Crippen molar-refractivity contribution in [2.24, 2.45) is 0 Å². The molecular weight excluding hydrogens is 138 g/mol. The number of hydrogen-bond donors (Lipinski definition) is 0. The Morgan fingerprint density at radius 1 is 1.45 bits per heavy atom. The molecule has 1 aromatic rings. The second-order valence-electron chi connectivity index (χ2n) is 2.94. The largest absolute Gasteiger partial charge is 0.241 e. The van der Waals surface area contributed by atoms with Crippen LogP contribution in [-0.2, 0) is 6.54 Å². The van der Waals surface area contributed by atoms with Crippen LogP contribution in [0.15, 0.2) is 10.6 Å². The minimum absolute atomic E-state index is 0.999. The Balaban J connectivity index is 2.62. The van der Waals surface area contributed by atoms with E-state index in [9.17, 15) is 0 Å². The van der Waals surface area contributed by atoms with Gasteiger partial charge in [-0.2, -0.15) is 0 Å². The van der Waals surface area contributed by atoms with Crippen molar-refractivity contribution in [3.63, 3.8) is 0 Å². The summed E-state index contributed by atoms with van der Waals surface area (Å²) in [4.78, 5) is 0. The monoisotopic (exact) mass is 154 g/mol. The zero-order valence-corrected chi connectivity index (χ0v) is 7.55. The van der Waals surface area contributed by atoms with Crippen molar-refractivity contribution in [3.05, 3.63) is 17.5 Å². The molecule has 0 saturated carbocycles. The quantitative estimate of drug-likeness (QED) is 0.608. The Morgan fingerprint density at radius 2 is 2.18 bits per heavy atom. The molecule has 0 bridgehead atoms. The predicted octanol–water partition coefficient (Wildman–Crippen LogP) is 1.98. The smallest absolute Gasteiger partial charge is 0.228 e. The van der Waals surface area contributed by atoms with Gasteiger partial charge in [0.15, 0.2) is 12.3 Å². The second kappa shape index (κ2) is 3.56. The first-order valence-corrected chi connectivity index (χ1v) is 4.21. The summed E-state index contributed by atoms with van der Waals surface area (Å²) in [6.07, 6.45) is 2.41. The van der Waals surface area contributed by atoms with Crippen molar-refractivity contribution in [2.45, 2.75) is 40.2 Å². The van der Waals surface area contributed by atoms with Crippen LogP contribution < -0.4 is 4.74 Å². The van der Waals surface area contributed by atoms with Crippen LogP contribution in [0.4, 0.5) is 0 Å². The molecule has 0 aliphatic heterocycles. The van der Waals surface area contributed by atoms with E-state index in [-0.39, 0.29) is 0 Å². The van der Waals surface area contributed by atoms with Crippen LogP contribution in [-0.4, -0.2) is 0 Å². The molecule has 0 fully saturated rings. The number of nitrogens with zero attached hydrogens (tertiary/aromatic N) is 1. The first kappa shape index (κ1) is 8.31. The summed E-state index contributed by atoms with van der Waals surface area (Å²) in [7, 11) is 0. The van der Waals surface area contributed by atoms with Gasteiger partial charge in [0.25, 0.3) is 0 Å². The van der Waals surface area contributed by atoms with E-state index in [1.807, 2.05) is 11.7 Å². The Kier molecular flexibility index (Phi) is 2.69. The highest BCUT2D eigenvalue weighted by Gasteiger charge is 2.10. The molecule has 0 aliphatic carbocycles. The molecule has 0 amide bonds. The highest BCUT2D eigenvalue weighted by atomic mass is 16.5. The average molecular weight is 154 g/mol. The van der Waals surface area contributed by atoms with Crippen LogP contribution >= 0.6 is 0 Å². The molecule has 0 aromatic carbocycles. The fourth-order valence-corrected chi connectivity index (χ4v) is 1.16. The minimum Gasteiger partial charge on any atom is -0.241 e. The van der Waals surface area contributed by atoms with E-state index >= 15 is 0 Å². The third-order valence-corrected chi connectivity index (χ3v) is 1.77. The van der Waals surface area contributed by atoms with Gasteiger partial charge in [0.2, 0.25) is 5.69 Å². The molecule has 11 heavy (non-hydrogen) atoms. The normalized spacial score (nSPS) is 10.5. The third kappa shape index (κ3) is 2.07. The van der Waals surface area contributed by atoms with E-state index in [2.05, 4.69) is 19.9 Å². The molecule has 0 unspecified atom stereocenters. The average Bonchev–Trinajstić information content (AvgIpc) is 2.26. The Morgan fingerprint density at radius 3 is 2.64 bits per heavy atom. The van der Waals surface area contributed by atoms with Gasteiger partial charge in [0.05, 0.1) is 6.07 Å². The maximum absolute atomic E-state index is 5.43. The van der Waals surface area contributed by atoms with Crippen molar-refractivity contribution in [2.75, 3.05) is 0 Å². The molecule has 1 rings (SSSR count). The van der Waals surface area contributed by atoms with E-state index in [1.54, 1.807) is 0 Å². The lowest BCUT2D eigenvalue weighted by Gasteiger charge is -1.87. The number of rotatable bonds is 3. The zero-order chi connectivity index (χ0) is 8.27. The summed E-state index contributed by atoms with van der Waals surface area (Å²) in [6.45, 7) is 7.25. The van der Waals surface area contributed by atoms with Gasteiger partial charge in [-0.25, -0.2) is 4.52 Å². The fraction of sp³-hybridized carbons (Fsp3) is 0.667. The van der Waals surface area contributed by atoms with Crippen molar-refractivity contribution in [3.8, 4) is 0 Å². The van der Waals surface area contributed by atoms with Crippen LogP contribution in [0.1, 0.15) is 31.2 Å². The van der Waals surface area contributed by atoms with E-state index in [0.29, 0.717) is 0 Å². The Bertz CT molecular complexity index is 227. The summed E-state index contributed by atoms with van der Waals surface area (Å²) in [5.74, 6) is 0.999. The molecule has 0 saturated heterocycles. The molecule has 0 aliphatic rings. The number of aromatic nitrogens is 1. The van der Waals surface area contributed by atoms with Gasteiger partial charge in [-0.05, 0) is 11.2 Å². The summed E-state index contributed by atoms with van der Waals surface area (Å²) in [5.41, 5.74) is 1.22. The molecule has 0 N–H and O–H groups in total. The van der Waals surface area contributed by atoms with Gasteiger partial charge in [-0.15, -0.1) is 0 Å². The van der Waals surface area contributed by atoms with E-state index in [4.69, 9.17) is 4.52 Å². The van der Waals surface area contributed by atoms with Gasteiger partial charge in [-0.3, -0.25) is 0 Å². The van der Waals surface area contributed by atoms with Gasteiger partial charge in [0, 0.05) is 20.3 Å². The topological polar surface area (TPSA) is 17.0 Å².